The van der Waals surface area contributed by atoms with E-state index in [1.807, 2.05) is 19.0 Å². The molecule has 0 aliphatic heterocycles. The molecule has 1 saturated carbocycles. The number of nitrogens with zero attached hydrogens (tertiary/aromatic N) is 2. The predicted octanol–water partition coefficient (Wildman–Crippen LogP) is 6.16. The van der Waals surface area contributed by atoms with E-state index in [1.54, 1.807) is 30.3 Å². The summed E-state index contributed by atoms with van der Waals surface area (Å²) >= 11 is 6.07. The Morgan fingerprint density at radius 1 is 1.05 bits per heavy atom. The van der Waals surface area contributed by atoms with Crippen LogP contribution in [-0.2, 0) is 18.1 Å². The highest BCUT2D eigenvalue weighted by molar-refractivity contribution is 6.30. The fraction of sp³-hybridized carbons (Fsp3) is 0.357. The Morgan fingerprint density at radius 2 is 1.76 bits per heavy atom. The van der Waals surface area contributed by atoms with Crippen molar-refractivity contribution in [2.24, 2.45) is 0 Å². The highest BCUT2D eigenvalue weighted by Crippen LogP contribution is 2.38. The van der Waals surface area contributed by atoms with Gasteiger partial charge in [-0.1, -0.05) is 41.9 Å². The van der Waals surface area contributed by atoms with Gasteiger partial charge in [-0.3, -0.25) is 4.98 Å². The predicted molar refractivity (Wildman–Crippen MR) is 138 cm³/mol. The maximum atomic E-state index is 14.7. The summed E-state index contributed by atoms with van der Waals surface area (Å²) in [6, 6.07) is 13.7. The average molecular weight is 549 g/mol. The summed E-state index contributed by atoms with van der Waals surface area (Å²) in [7, 11) is 3.87. The second kappa shape index (κ2) is 11.3. The van der Waals surface area contributed by atoms with E-state index >= 15 is 0 Å². The van der Waals surface area contributed by atoms with Crippen molar-refractivity contribution in [1.82, 2.24) is 20.5 Å². The molecule has 0 saturated heterocycles. The Bertz CT molecular complexity index is 1250. The van der Waals surface area contributed by atoms with E-state index in [2.05, 4.69) is 15.6 Å². The molecule has 0 radical (unpaired) electrons. The molecule has 10 heteroatoms. The van der Waals surface area contributed by atoms with Gasteiger partial charge in [-0.2, -0.15) is 13.2 Å². The molecule has 202 valence electrons. The molecular weight excluding hydrogens is 520 g/mol. The lowest BCUT2D eigenvalue weighted by Crippen LogP contribution is -2.56. The second-order valence-electron chi connectivity index (χ2n) is 9.82. The highest BCUT2D eigenvalue weighted by atomic mass is 35.5. The van der Waals surface area contributed by atoms with E-state index in [0.29, 0.717) is 16.7 Å². The molecule has 3 unspecified atom stereocenters. The van der Waals surface area contributed by atoms with Gasteiger partial charge in [0.2, 0.25) is 0 Å². The number of alkyl halides is 3. The van der Waals surface area contributed by atoms with Crippen LogP contribution in [0, 0.1) is 5.82 Å². The number of likely N-dealkylation sites (N-methyl/N-ethyl adjacent to an activating group) is 1. The van der Waals surface area contributed by atoms with Crippen LogP contribution < -0.4 is 10.6 Å². The number of hydrogen-bond acceptors (Lipinski definition) is 3. The number of nitrogens with one attached hydrogen (secondary N) is 2. The van der Waals surface area contributed by atoms with Gasteiger partial charge in [0.1, 0.15) is 11.4 Å². The summed E-state index contributed by atoms with van der Waals surface area (Å²) in [6.45, 7) is 0. The number of benzene rings is 2. The van der Waals surface area contributed by atoms with Crippen LogP contribution in [0.3, 0.4) is 0 Å². The Labute approximate surface area is 224 Å². The largest absolute Gasteiger partial charge is 0.416 e. The lowest BCUT2D eigenvalue weighted by molar-refractivity contribution is -0.137. The standard InChI is InChI=1S/C28H29ClF4N4O/c1-37(2)24-10-6-9-23(24)35-26(38)36-27(16-18-7-4-3-5-8-18,25-12-11-21(29)17-34-25)19-13-20(28(31,32)33)15-22(30)14-19/h3-5,7-8,11-15,17,23-24H,6,9-10,16H2,1-2H3,(H2,35,36,38). The van der Waals surface area contributed by atoms with Crippen molar-refractivity contribution in [3.8, 4) is 0 Å². The molecule has 1 heterocycles. The van der Waals surface area contributed by atoms with Crippen molar-refractivity contribution >= 4 is 17.6 Å². The molecule has 38 heavy (non-hydrogen) atoms. The number of carbonyl (C=O) groups excluding carboxylic acids is 1. The normalized spacial score (nSPS) is 19.3. The molecule has 3 atom stereocenters. The number of carbonyl (C=O) groups is 1. The van der Waals surface area contributed by atoms with Gasteiger partial charge in [0, 0.05) is 24.7 Å². The Morgan fingerprint density at radius 3 is 2.39 bits per heavy atom. The van der Waals surface area contributed by atoms with Gasteiger partial charge in [0.05, 0.1) is 16.3 Å². The van der Waals surface area contributed by atoms with Crippen LogP contribution in [-0.4, -0.2) is 42.1 Å². The number of urea groups is 1. The third-order valence-corrected chi connectivity index (χ3v) is 7.20. The number of rotatable bonds is 7. The van der Waals surface area contributed by atoms with Crippen LogP contribution in [0.2, 0.25) is 5.02 Å². The average Bonchev–Trinajstić information content (AvgIpc) is 3.32. The maximum absolute atomic E-state index is 14.7. The highest BCUT2D eigenvalue weighted by Gasteiger charge is 2.42. The number of amides is 2. The summed E-state index contributed by atoms with van der Waals surface area (Å²) in [5.41, 5.74) is -1.98. The van der Waals surface area contributed by atoms with Crippen molar-refractivity contribution in [2.45, 2.75) is 49.5 Å². The first-order valence-electron chi connectivity index (χ1n) is 12.3. The minimum atomic E-state index is -4.80. The molecule has 2 N–H and O–H groups in total. The third-order valence-electron chi connectivity index (χ3n) is 6.98. The van der Waals surface area contributed by atoms with Gasteiger partial charge in [0.15, 0.2) is 0 Å². The molecular formula is C28H29ClF4N4O. The Balaban J connectivity index is 1.86. The van der Waals surface area contributed by atoms with Crippen molar-refractivity contribution in [1.29, 1.82) is 0 Å². The minimum absolute atomic E-state index is 0.0123. The minimum Gasteiger partial charge on any atom is -0.334 e. The number of hydrogen-bond donors (Lipinski definition) is 2. The van der Waals surface area contributed by atoms with Crippen LogP contribution >= 0.6 is 11.6 Å². The molecule has 2 aromatic carbocycles. The van der Waals surface area contributed by atoms with E-state index in [0.717, 1.165) is 31.4 Å². The quantitative estimate of drug-likeness (QED) is 0.348. The smallest absolute Gasteiger partial charge is 0.334 e. The first-order chi connectivity index (χ1) is 18.0. The van der Waals surface area contributed by atoms with Crippen molar-refractivity contribution in [3.63, 3.8) is 0 Å². The molecule has 5 nitrogen and oxygen atoms in total. The molecule has 1 aliphatic carbocycles. The number of halogens is 5. The molecule has 0 bridgehead atoms. The van der Waals surface area contributed by atoms with Gasteiger partial charge in [-0.05, 0) is 74.8 Å². The summed E-state index contributed by atoms with van der Waals surface area (Å²) in [5.74, 6) is -1.08. The molecule has 2 amide bonds. The maximum Gasteiger partial charge on any atom is 0.416 e. The third kappa shape index (κ3) is 6.27. The van der Waals surface area contributed by atoms with Crippen LogP contribution in [0.4, 0.5) is 22.4 Å². The topological polar surface area (TPSA) is 57.3 Å². The molecule has 0 spiro atoms. The first-order valence-corrected chi connectivity index (χ1v) is 12.6. The molecule has 1 aromatic heterocycles. The zero-order chi connectivity index (χ0) is 27.5. The number of aromatic nitrogens is 1. The van der Waals surface area contributed by atoms with Gasteiger partial charge in [-0.15, -0.1) is 0 Å². The lowest BCUT2D eigenvalue weighted by Gasteiger charge is -2.37. The number of pyridine rings is 1. The van der Waals surface area contributed by atoms with Crippen molar-refractivity contribution < 1.29 is 22.4 Å². The van der Waals surface area contributed by atoms with Crippen LogP contribution in [0.5, 0.6) is 0 Å². The van der Waals surface area contributed by atoms with Gasteiger partial charge < -0.3 is 15.5 Å². The monoisotopic (exact) mass is 548 g/mol. The van der Waals surface area contributed by atoms with Gasteiger partial charge in [-0.25, -0.2) is 9.18 Å². The zero-order valence-corrected chi connectivity index (χ0v) is 21.8. The van der Waals surface area contributed by atoms with Gasteiger partial charge in [0.25, 0.3) is 0 Å². The zero-order valence-electron chi connectivity index (χ0n) is 21.0. The molecule has 1 aliphatic rings. The summed E-state index contributed by atoms with van der Waals surface area (Å²) in [6.07, 6.45) is -0.837. The van der Waals surface area contributed by atoms with Crippen LogP contribution in [0.1, 0.15) is 41.6 Å². The van der Waals surface area contributed by atoms with Crippen LogP contribution in [0.15, 0.2) is 66.9 Å². The van der Waals surface area contributed by atoms with E-state index in [9.17, 15) is 22.4 Å². The van der Waals surface area contributed by atoms with Crippen molar-refractivity contribution in [3.05, 3.63) is 100 Å². The summed E-state index contributed by atoms with van der Waals surface area (Å²) in [4.78, 5) is 20.0. The van der Waals surface area contributed by atoms with Crippen LogP contribution in [0.25, 0.3) is 0 Å². The van der Waals surface area contributed by atoms with Crippen molar-refractivity contribution in [2.75, 3.05) is 14.1 Å². The van der Waals surface area contributed by atoms with E-state index < -0.39 is 29.1 Å². The fourth-order valence-corrected chi connectivity index (χ4v) is 5.29. The van der Waals surface area contributed by atoms with E-state index in [-0.39, 0.29) is 29.8 Å². The Hall–Kier alpha value is -3.17. The molecule has 1 fully saturated rings. The lowest BCUT2D eigenvalue weighted by atomic mass is 9.79. The summed E-state index contributed by atoms with van der Waals surface area (Å²) in [5, 5.41) is 6.22. The Kier molecular flexibility index (Phi) is 8.28. The SMILES string of the molecule is CN(C)C1CCCC1NC(=O)NC(Cc1ccccc1)(c1cc(F)cc(C(F)(F)F)c1)c1ccc(Cl)cn1. The fourth-order valence-electron chi connectivity index (χ4n) is 5.18. The van der Waals surface area contributed by atoms with E-state index in [1.165, 1.54) is 18.3 Å². The second-order valence-corrected chi connectivity index (χ2v) is 10.3. The van der Waals surface area contributed by atoms with E-state index in [4.69, 9.17) is 11.6 Å². The van der Waals surface area contributed by atoms with Gasteiger partial charge >= 0.3 is 12.2 Å². The molecule has 3 aromatic rings. The summed E-state index contributed by atoms with van der Waals surface area (Å²) < 4.78 is 56.0. The molecule has 4 rings (SSSR count). The first kappa shape index (κ1) is 27.9.